The minimum Gasteiger partial charge on any atom is -0.324 e. The average Bonchev–Trinajstić information content (AvgIpc) is 3.03. The Balaban J connectivity index is 2.28. The highest BCUT2D eigenvalue weighted by atomic mass is 32.2. The first-order valence-electron chi connectivity index (χ1n) is 9.31. The van der Waals surface area contributed by atoms with E-state index in [1.165, 1.54) is 42.6 Å². The van der Waals surface area contributed by atoms with Gasteiger partial charge in [-0.15, -0.1) is 0 Å². The van der Waals surface area contributed by atoms with E-state index in [0.717, 1.165) is 12.3 Å². The number of aromatic nitrogens is 4. The van der Waals surface area contributed by atoms with Gasteiger partial charge in [0, 0.05) is 20.5 Å². The highest BCUT2D eigenvalue weighted by Gasteiger charge is 2.33. The van der Waals surface area contributed by atoms with E-state index >= 15 is 0 Å². The van der Waals surface area contributed by atoms with Gasteiger partial charge in [-0.05, 0) is 19.1 Å². The van der Waals surface area contributed by atoms with Crippen molar-refractivity contribution in [2.24, 2.45) is 7.05 Å². The van der Waals surface area contributed by atoms with Crippen molar-refractivity contribution in [3.63, 3.8) is 0 Å². The number of carbonyl (C=O) groups is 1. The van der Waals surface area contributed by atoms with E-state index in [1.807, 2.05) is 0 Å². The Morgan fingerprint density at radius 3 is 2.39 bits per heavy atom. The summed E-state index contributed by atoms with van der Waals surface area (Å²) in [6.45, 7) is 4.85. The fourth-order valence-electron chi connectivity index (χ4n) is 3.18. The molecule has 3 aromatic heterocycles. The van der Waals surface area contributed by atoms with Gasteiger partial charge in [0.1, 0.15) is 11.4 Å². The third-order valence-corrected chi connectivity index (χ3v) is 6.57. The molecule has 0 saturated carbocycles. The Bertz CT molecular complexity index is 1270. The lowest BCUT2D eigenvalue weighted by molar-refractivity contribution is -0.141. The van der Waals surface area contributed by atoms with E-state index in [9.17, 15) is 26.4 Å². The van der Waals surface area contributed by atoms with Crippen LogP contribution in [0.3, 0.4) is 0 Å². The molecule has 1 amide bonds. The van der Waals surface area contributed by atoms with Crippen molar-refractivity contribution < 1.29 is 26.4 Å². The van der Waals surface area contributed by atoms with Gasteiger partial charge in [-0.25, -0.2) is 23.4 Å². The summed E-state index contributed by atoms with van der Waals surface area (Å²) in [5.74, 6) is -0.452. The second kappa shape index (κ2) is 7.91. The van der Waals surface area contributed by atoms with Crippen LogP contribution in [0.1, 0.15) is 26.5 Å². The molecule has 0 aliphatic heterocycles. The topological polar surface area (TPSA) is 98.1 Å². The molecular weight excluding hydrogens is 435 g/mol. The van der Waals surface area contributed by atoms with Crippen molar-refractivity contribution in [2.45, 2.75) is 31.8 Å². The number of hydrogen-bond donors (Lipinski definition) is 0. The first-order valence-corrected chi connectivity index (χ1v) is 11.0. The molecule has 0 aromatic carbocycles. The molecule has 166 valence electrons. The van der Waals surface area contributed by atoms with Gasteiger partial charge in [0.15, 0.2) is 15.7 Å². The number of alkyl halides is 3. The molecule has 3 rings (SSSR count). The molecular formula is C19H20F3N5O3S. The summed E-state index contributed by atoms with van der Waals surface area (Å²) in [4.78, 5) is 25.0. The van der Waals surface area contributed by atoms with Gasteiger partial charge in [0.05, 0.1) is 39.8 Å². The Morgan fingerprint density at radius 2 is 1.84 bits per heavy atom. The van der Waals surface area contributed by atoms with Crippen molar-refractivity contribution in [3.05, 3.63) is 30.2 Å². The standard InChI is InChI=1S/C19H20F3N5O3S/c1-5-27(11(3)28)12-7-15(31(29,30)6-2)17(24-9-12)18-25-13-8-16(19(20,21)22)23-10-14(13)26(18)4/h7-10H,5-6H2,1-4H3. The van der Waals surface area contributed by atoms with Crippen LogP contribution in [0, 0.1) is 0 Å². The maximum absolute atomic E-state index is 13.0. The molecule has 31 heavy (non-hydrogen) atoms. The zero-order valence-electron chi connectivity index (χ0n) is 17.2. The van der Waals surface area contributed by atoms with Gasteiger partial charge in [-0.1, -0.05) is 6.92 Å². The van der Waals surface area contributed by atoms with Gasteiger partial charge in [0.2, 0.25) is 5.91 Å². The monoisotopic (exact) mass is 455 g/mol. The number of fused-ring (bicyclic) bond motifs is 1. The summed E-state index contributed by atoms with van der Waals surface area (Å²) in [5, 5.41) is 0. The molecule has 3 aromatic rings. The predicted octanol–water partition coefficient (Wildman–Crippen LogP) is 3.22. The molecule has 0 atom stereocenters. The second-order valence-corrected chi connectivity index (χ2v) is 9.00. The van der Waals surface area contributed by atoms with Gasteiger partial charge in [-0.2, -0.15) is 13.2 Å². The lowest BCUT2D eigenvalue weighted by atomic mass is 10.3. The van der Waals surface area contributed by atoms with Crippen LogP contribution in [-0.4, -0.2) is 46.1 Å². The largest absolute Gasteiger partial charge is 0.433 e. The average molecular weight is 455 g/mol. The number of amides is 1. The van der Waals surface area contributed by atoms with Crippen molar-refractivity contribution in [3.8, 4) is 11.5 Å². The van der Waals surface area contributed by atoms with E-state index in [1.54, 1.807) is 6.92 Å². The van der Waals surface area contributed by atoms with Crippen LogP contribution in [0.2, 0.25) is 0 Å². The number of nitrogens with zero attached hydrogens (tertiary/aromatic N) is 5. The van der Waals surface area contributed by atoms with Crippen molar-refractivity contribution in [1.29, 1.82) is 0 Å². The normalized spacial score (nSPS) is 12.4. The molecule has 0 fully saturated rings. The van der Waals surface area contributed by atoms with Crippen molar-refractivity contribution in [2.75, 3.05) is 17.2 Å². The maximum Gasteiger partial charge on any atom is 0.433 e. The Labute approximate surface area is 176 Å². The molecule has 0 N–H and O–H groups in total. The number of aryl methyl sites for hydroxylation is 1. The van der Waals surface area contributed by atoms with Crippen LogP contribution in [0.5, 0.6) is 0 Å². The summed E-state index contributed by atoms with van der Waals surface area (Å²) in [6, 6.07) is 2.14. The molecule has 0 aliphatic carbocycles. The molecule has 0 spiro atoms. The molecule has 0 radical (unpaired) electrons. The lowest BCUT2D eigenvalue weighted by Crippen LogP contribution is -2.28. The molecule has 0 bridgehead atoms. The van der Waals surface area contributed by atoms with E-state index in [0.29, 0.717) is 12.2 Å². The minimum atomic E-state index is -4.64. The number of sulfone groups is 1. The Kier molecular flexibility index (Phi) is 5.78. The third-order valence-electron chi connectivity index (χ3n) is 4.83. The summed E-state index contributed by atoms with van der Waals surface area (Å²) < 4.78 is 66.1. The number of halogens is 3. The number of hydrogen-bond acceptors (Lipinski definition) is 6. The number of imidazole rings is 1. The zero-order valence-corrected chi connectivity index (χ0v) is 18.0. The number of pyridine rings is 2. The quantitative estimate of drug-likeness (QED) is 0.586. The summed E-state index contributed by atoms with van der Waals surface area (Å²) in [5.41, 5.74) is -0.533. The first kappa shape index (κ1) is 22.7. The van der Waals surface area contributed by atoms with Gasteiger partial charge in [0.25, 0.3) is 0 Å². The van der Waals surface area contributed by atoms with Crippen LogP contribution < -0.4 is 4.90 Å². The fourth-order valence-corrected chi connectivity index (χ4v) is 4.23. The van der Waals surface area contributed by atoms with E-state index in [4.69, 9.17) is 0 Å². The Hall–Kier alpha value is -3.02. The maximum atomic E-state index is 13.0. The molecule has 0 saturated heterocycles. The van der Waals surface area contributed by atoms with Crippen LogP contribution in [0.4, 0.5) is 18.9 Å². The van der Waals surface area contributed by atoms with Gasteiger partial charge < -0.3 is 9.47 Å². The van der Waals surface area contributed by atoms with Crippen LogP contribution in [0.15, 0.2) is 29.4 Å². The third kappa shape index (κ3) is 4.11. The minimum absolute atomic E-state index is 0.00414. The number of anilines is 1. The van der Waals surface area contributed by atoms with E-state index < -0.39 is 21.7 Å². The van der Waals surface area contributed by atoms with Crippen LogP contribution in [-0.2, 0) is 27.9 Å². The van der Waals surface area contributed by atoms with Crippen LogP contribution in [0.25, 0.3) is 22.6 Å². The van der Waals surface area contributed by atoms with Crippen LogP contribution >= 0.6 is 0 Å². The predicted molar refractivity (Wildman–Crippen MR) is 108 cm³/mol. The molecule has 12 heteroatoms. The first-order chi connectivity index (χ1) is 14.4. The number of carbonyl (C=O) groups excluding carboxylic acids is 1. The summed E-state index contributed by atoms with van der Waals surface area (Å²) in [6.07, 6.45) is -2.27. The van der Waals surface area contributed by atoms with Crippen molar-refractivity contribution >= 4 is 32.5 Å². The summed E-state index contributed by atoms with van der Waals surface area (Å²) in [7, 11) is -2.27. The highest BCUT2D eigenvalue weighted by molar-refractivity contribution is 7.91. The highest BCUT2D eigenvalue weighted by Crippen LogP contribution is 2.33. The molecule has 8 nitrogen and oxygen atoms in total. The van der Waals surface area contributed by atoms with Gasteiger partial charge >= 0.3 is 6.18 Å². The van der Waals surface area contributed by atoms with E-state index in [-0.39, 0.29) is 39.1 Å². The molecule has 0 unspecified atom stereocenters. The van der Waals surface area contributed by atoms with Crippen molar-refractivity contribution in [1.82, 2.24) is 19.5 Å². The number of rotatable bonds is 5. The SMILES string of the molecule is CCN(C(C)=O)c1cnc(-c2nc3cc(C(F)(F)F)ncc3n2C)c(S(=O)(=O)CC)c1. The molecule has 3 heterocycles. The summed E-state index contributed by atoms with van der Waals surface area (Å²) >= 11 is 0. The zero-order chi connectivity index (χ0) is 23.1. The Morgan fingerprint density at radius 1 is 1.16 bits per heavy atom. The van der Waals surface area contributed by atoms with E-state index in [2.05, 4.69) is 15.0 Å². The fraction of sp³-hybridized carbons (Fsp3) is 0.368. The lowest BCUT2D eigenvalue weighted by Gasteiger charge is -2.20. The van der Waals surface area contributed by atoms with Gasteiger partial charge in [-0.3, -0.25) is 4.79 Å². The smallest absolute Gasteiger partial charge is 0.324 e. The second-order valence-electron chi connectivity index (χ2n) is 6.76. The molecule has 0 aliphatic rings.